The van der Waals surface area contributed by atoms with Gasteiger partial charge in [-0.05, 0) is 70.0 Å². The smallest absolute Gasteiger partial charge is 0.228 e. The van der Waals surface area contributed by atoms with Gasteiger partial charge in [0.15, 0.2) is 0 Å². The molecule has 0 unspecified atom stereocenters. The van der Waals surface area contributed by atoms with Crippen LogP contribution < -0.4 is 10.1 Å². The van der Waals surface area contributed by atoms with E-state index in [0.717, 1.165) is 44.6 Å². The summed E-state index contributed by atoms with van der Waals surface area (Å²) in [7, 11) is 2.06. The zero-order valence-corrected chi connectivity index (χ0v) is 17.6. The summed E-state index contributed by atoms with van der Waals surface area (Å²) in [4.78, 5) is 29.5. The fourth-order valence-electron chi connectivity index (χ4n) is 4.60. The molecule has 2 aliphatic rings. The number of rotatable bonds is 5. The molecule has 2 saturated heterocycles. The van der Waals surface area contributed by atoms with Gasteiger partial charge in [0.2, 0.25) is 11.8 Å². The number of nitrogens with zero attached hydrogens (tertiary/aromatic N) is 2. The van der Waals surface area contributed by atoms with Gasteiger partial charge in [-0.15, -0.1) is 0 Å². The summed E-state index contributed by atoms with van der Waals surface area (Å²) in [5.41, 5.74) is 1.96. The maximum Gasteiger partial charge on any atom is 0.228 e. The molecule has 1 aromatic rings. The molecule has 154 valence electrons. The van der Waals surface area contributed by atoms with E-state index < -0.39 is 5.41 Å². The van der Waals surface area contributed by atoms with E-state index in [0.29, 0.717) is 13.2 Å². The normalized spacial score (nSPS) is 25.1. The summed E-state index contributed by atoms with van der Waals surface area (Å²) in [6.07, 6.45) is 2.52. The molecule has 0 aromatic heterocycles. The number of fused-ring (bicyclic) bond motifs is 1. The van der Waals surface area contributed by atoms with Gasteiger partial charge in [-0.2, -0.15) is 0 Å². The molecular formula is C22H33N3O3. The van der Waals surface area contributed by atoms with Gasteiger partial charge in [-0.3, -0.25) is 9.59 Å². The molecule has 2 atom stereocenters. The van der Waals surface area contributed by atoms with E-state index in [9.17, 15) is 9.59 Å². The van der Waals surface area contributed by atoms with E-state index in [1.54, 1.807) is 6.92 Å². The third kappa shape index (κ3) is 4.17. The van der Waals surface area contributed by atoms with Crippen molar-refractivity contribution in [2.75, 3.05) is 39.8 Å². The fraction of sp³-hybridized carbons (Fsp3) is 0.636. The van der Waals surface area contributed by atoms with Gasteiger partial charge in [0.25, 0.3) is 0 Å². The van der Waals surface area contributed by atoms with Crippen LogP contribution in [0.1, 0.15) is 37.3 Å². The first-order valence-electron chi connectivity index (χ1n) is 10.3. The van der Waals surface area contributed by atoms with Gasteiger partial charge >= 0.3 is 0 Å². The second-order valence-corrected chi connectivity index (χ2v) is 8.35. The largest absolute Gasteiger partial charge is 0.492 e. The van der Waals surface area contributed by atoms with Crippen LogP contribution in [0.3, 0.4) is 0 Å². The lowest BCUT2D eigenvalue weighted by molar-refractivity contribution is -0.152. The quantitative estimate of drug-likeness (QED) is 0.787. The van der Waals surface area contributed by atoms with Crippen LogP contribution in [0, 0.1) is 19.3 Å². The number of hydrogen-bond donors (Lipinski definition) is 1. The molecule has 0 aliphatic carbocycles. The summed E-state index contributed by atoms with van der Waals surface area (Å²) < 4.78 is 5.80. The third-order valence-corrected chi connectivity index (χ3v) is 6.45. The number of amides is 2. The minimum Gasteiger partial charge on any atom is -0.492 e. The summed E-state index contributed by atoms with van der Waals surface area (Å²) in [5.74, 6) is 0.962. The zero-order chi connectivity index (χ0) is 20.3. The van der Waals surface area contributed by atoms with Crippen LogP contribution in [0.2, 0.25) is 0 Å². The van der Waals surface area contributed by atoms with Crippen LogP contribution in [0.5, 0.6) is 5.75 Å². The van der Waals surface area contributed by atoms with Gasteiger partial charge in [-0.25, -0.2) is 0 Å². The Labute approximate surface area is 168 Å². The first kappa shape index (κ1) is 20.6. The van der Waals surface area contributed by atoms with Crippen LogP contribution in [0.15, 0.2) is 18.2 Å². The Morgan fingerprint density at radius 3 is 2.71 bits per heavy atom. The van der Waals surface area contributed by atoms with E-state index in [-0.39, 0.29) is 17.9 Å². The Balaban J connectivity index is 1.61. The first-order chi connectivity index (χ1) is 13.3. The Kier molecular flexibility index (Phi) is 6.28. The van der Waals surface area contributed by atoms with Crippen LogP contribution in [-0.4, -0.2) is 67.5 Å². The Hall–Kier alpha value is -2.08. The zero-order valence-electron chi connectivity index (χ0n) is 17.6. The number of carbonyl (C=O) groups is 2. The number of carbonyl (C=O) groups excluding carboxylic acids is 2. The van der Waals surface area contributed by atoms with Crippen molar-refractivity contribution in [3.05, 3.63) is 29.3 Å². The highest BCUT2D eigenvalue weighted by molar-refractivity contribution is 5.85. The highest BCUT2D eigenvalue weighted by Gasteiger charge is 2.52. The summed E-state index contributed by atoms with van der Waals surface area (Å²) in [6.45, 7) is 9.04. The molecule has 2 heterocycles. The molecule has 2 amide bonds. The van der Waals surface area contributed by atoms with Crippen molar-refractivity contribution in [3.63, 3.8) is 0 Å². The molecular weight excluding hydrogens is 354 g/mol. The van der Waals surface area contributed by atoms with E-state index in [1.807, 2.05) is 23.1 Å². The number of piperidine rings is 2. The van der Waals surface area contributed by atoms with Crippen molar-refractivity contribution in [2.24, 2.45) is 5.41 Å². The van der Waals surface area contributed by atoms with Crippen molar-refractivity contribution >= 4 is 11.8 Å². The van der Waals surface area contributed by atoms with E-state index in [4.69, 9.17) is 4.74 Å². The number of ether oxygens (including phenoxy) is 1. The average Bonchev–Trinajstić information content (AvgIpc) is 2.67. The predicted octanol–water partition coefficient (Wildman–Crippen LogP) is 2.13. The highest BCUT2D eigenvalue weighted by atomic mass is 16.5. The lowest BCUT2D eigenvalue weighted by atomic mass is 9.67. The van der Waals surface area contributed by atoms with Gasteiger partial charge in [0.1, 0.15) is 12.4 Å². The van der Waals surface area contributed by atoms with Crippen molar-refractivity contribution in [1.29, 1.82) is 0 Å². The lowest BCUT2D eigenvalue weighted by Crippen LogP contribution is -2.66. The average molecular weight is 388 g/mol. The van der Waals surface area contributed by atoms with Gasteiger partial charge in [-0.1, -0.05) is 6.07 Å². The highest BCUT2D eigenvalue weighted by Crippen LogP contribution is 2.42. The molecule has 0 saturated carbocycles. The Morgan fingerprint density at radius 1 is 1.21 bits per heavy atom. The van der Waals surface area contributed by atoms with Crippen LogP contribution >= 0.6 is 0 Å². The van der Waals surface area contributed by atoms with Crippen LogP contribution in [0.25, 0.3) is 0 Å². The summed E-state index contributed by atoms with van der Waals surface area (Å²) in [6, 6.07) is 5.98. The predicted molar refractivity (Wildman–Crippen MR) is 109 cm³/mol. The van der Waals surface area contributed by atoms with Gasteiger partial charge in [0, 0.05) is 20.0 Å². The van der Waals surface area contributed by atoms with Crippen LogP contribution in [0.4, 0.5) is 0 Å². The first-order valence-corrected chi connectivity index (χ1v) is 10.3. The van der Waals surface area contributed by atoms with Crippen molar-refractivity contribution in [1.82, 2.24) is 15.1 Å². The number of benzene rings is 1. The second kappa shape index (κ2) is 8.52. The number of likely N-dealkylation sites (tertiary alicyclic amines) is 2. The molecule has 0 bridgehead atoms. The van der Waals surface area contributed by atoms with Crippen molar-refractivity contribution in [3.8, 4) is 5.75 Å². The Bertz CT molecular complexity index is 736. The molecule has 2 aliphatic heterocycles. The third-order valence-electron chi connectivity index (χ3n) is 6.45. The molecule has 2 fully saturated rings. The van der Waals surface area contributed by atoms with Crippen molar-refractivity contribution in [2.45, 2.75) is 46.1 Å². The number of likely N-dealkylation sites (N-methyl/N-ethyl adjacent to an activating group) is 1. The molecule has 0 spiro atoms. The van der Waals surface area contributed by atoms with E-state index >= 15 is 0 Å². The van der Waals surface area contributed by atoms with Crippen LogP contribution in [-0.2, 0) is 9.59 Å². The van der Waals surface area contributed by atoms with Crippen molar-refractivity contribution < 1.29 is 14.3 Å². The minimum atomic E-state index is -0.475. The van der Waals surface area contributed by atoms with E-state index in [2.05, 4.69) is 31.1 Å². The second-order valence-electron chi connectivity index (χ2n) is 8.35. The molecule has 28 heavy (non-hydrogen) atoms. The molecule has 3 rings (SSSR count). The SMILES string of the molecule is CC(=O)N1CCC[C@@]2(C(=O)NCCOc3ccc(C)c(C)c3)CCN(C)C[C@H]12. The fourth-order valence-corrected chi connectivity index (χ4v) is 4.60. The molecule has 0 radical (unpaired) electrons. The molecule has 1 N–H and O–H groups in total. The minimum absolute atomic E-state index is 0.0434. The number of hydrogen-bond acceptors (Lipinski definition) is 4. The Morgan fingerprint density at radius 2 is 2.00 bits per heavy atom. The van der Waals surface area contributed by atoms with Gasteiger partial charge in [0.05, 0.1) is 18.0 Å². The summed E-state index contributed by atoms with van der Waals surface area (Å²) >= 11 is 0. The number of nitrogens with one attached hydrogen (secondary N) is 1. The van der Waals surface area contributed by atoms with Gasteiger partial charge < -0.3 is 19.9 Å². The molecule has 1 aromatic carbocycles. The maximum absolute atomic E-state index is 13.2. The summed E-state index contributed by atoms with van der Waals surface area (Å²) in [5, 5.41) is 3.09. The maximum atomic E-state index is 13.2. The van der Waals surface area contributed by atoms with E-state index in [1.165, 1.54) is 11.1 Å². The monoisotopic (exact) mass is 387 g/mol. The standard InChI is InChI=1S/C22H33N3O3/c1-16-6-7-19(14-17(16)2)28-13-10-23-21(27)22-8-5-11-25(18(3)26)20(22)15-24(4)12-9-22/h6-7,14,20H,5,8-13,15H2,1-4H3,(H,23,27)/t20-,22+/m0/s1. The lowest BCUT2D eigenvalue weighted by Gasteiger charge is -2.53. The molecule has 6 heteroatoms. The molecule has 6 nitrogen and oxygen atoms in total. The number of aryl methyl sites for hydroxylation is 2. The topological polar surface area (TPSA) is 61.9 Å².